The Kier molecular flexibility index (Phi) is 4.62. The van der Waals surface area contributed by atoms with Gasteiger partial charge in [-0.15, -0.1) is 0 Å². The average Bonchev–Trinajstić information content (AvgIpc) is 2.97. The molecule has 3 rings (SSSR count). The summed E-state index contributed by atoms with van der Waals surface area (Å²) in [6, 6.07) is 2.41. The summed E-state index contributed by atoms with van der Waals surface area (Å²) < 4.78 is 1.22. The molecule has 0 bridgehead atoms. The number of phenolic OH excluding ortho intramolecular Hbond substituents is 2. The first kappa shape index (κ1) is 18.7. The highest BCUT2D eigenvalue weighted by molar-refractivity contribution is 6.41. The van der Waals surface area contributed by atoms with E-state index in [0.29, 0.717) is 11.0 Å². The quantitative estimate of drug-likeness (QED) is 0.482. The predicted octanol–water partition coefficient (Wildman–Crippen LogP) is 1.53. The molecule has 28 heavy (non-hydrogen) atoms. The molecule has 0 amide bonds. The van der Waals surface area contributed by atoms with Gasteiger partial charge in [0.1, 0.15) is 11.4 Å². The molecular formula is C18H14N2O8. The minimum absolute atomic E-state index is 0.0732. The van der Waals surface area contributed by atoms with Crippen LogP contribution in [0.2, 0.25) is 0 Å². The third kappa shape index (κ3) is 3.43. The minimum atomic E-state index is -1.38. The molecule has 10 heteroatoms. The Hall–Kier alpha value is -4.08. The Morgan fingerprint density at radius 1 is 1.04 bits per heavy atom. The smallest absolute Gasteiger partial charge is 0.354 e. The third-order valence-electron chi connectivity index (χ3n) is 4.14. The number of hydrogen-bond acceptors (Lipinski definition) is 6. The van der Waals surface area contributed by atoms with Gasteiger partial charge in [0.25, 0.3) is 0 Å². The summed E-state index contributed by atoms with van der Waals surface area (Å²) >= 11 is 0. The van der Waals surface area contributed by atoms with Crippen molar-refractivity contribution in [1.29, 1.82) is 0 Å². The molecule has 10 nitrogen and oxygen atoms in total. The first-order valence-corrected chi connectivity index (χ1v) is 7.90. The van der Waals surface area contributed by atoms with Crippen molar-refractivity contribution in [3.05, 3.63) is 41.6 Å². The maximum atomic E-state index is 11.5. The fraction of sp³-hybridized carbons (Fsp3) is 0.111. The van der Waals surface area contributed by atoms with Gasteiger partial charge in [-0.1, -0.05) is 0 Å². The van der Waals surface area contributed by atoms with Crippen LogP contribution in [0, 0.1) is 0 Å². The number of carboxylic acids is 3. The summed E-state index contributed by atoms with van der Waals surface area (Å²) in [4.78, 5) is 37.5. The molecule has 1 unspecified atom stereocenters. The maximum absolute atomic E-state index is 11.5. The van der Waals surface area contributed by atoms with Crippen LogP contribution in [0.5, 0.6) is 11.5 Å². The number of aromatic nitrogens is 1. The van der Waals surface area contributed by atoms with Crippen molar-refractivity contribution < 1.29 is 39.9 Å². The van der Waals surface area contributed by atoms with Crippen molar-refractivity contribution in [2.24, 2.45) is 4.99 Å². The molecule has 2 aromatic rings. The molecule has 1 aliphatic rings. The van der Waals surface area contributed by atoms with E-state index in [-0.39, 0.29) is 17.6 Å². The monoisotopic (exact) mass is 386 g/mol. The van der Waals surface area contributed by atoms with Gasteiger partial charge < -0.3 is 30.1 Å². The van der Waals surface area contributed by atoms with E-state index in [1.54, 1.807) is 0 Å². The second-order valence-electron chi connectivity index (χ2n) is 6.02. The van der Waals surface area contributed by atoms with E-state index in [0.717, 1.165) is 0 Å². The van der Waals surface area contributed by atoms with Crippen molar-refractivity contribution in [1.82, 2.24) is 4.57 Å². The molecule has 1 aromatic heterocycles. The van der Waals surface area contributed by atoms with E-state index < -0.39 is 41.2 Å². The summed E-state index contributed by atoms with van der Waals surface area (Å²) in [6.45, 7) is 0. The molecule has 0 saturated carbocycles. The normalized spacial score (nSPS) is 16.8. The van der Waals surface area contributed by atoms with Gasteiger partial charge >= 0.3 is 17.9 Å². The Bertz CT molecular complexity index is 1110. The molecule has 0 fully saturated rings. The fourth-order valence-corrected chi connectivity index (χ4v) is 2.83. The Morgan fingerprint density at radius 3 is 2.32 bits per heavy atom. The number of benzene rings is 1. The number of dihydropyridines is 1. The number of aliphatic imine (C=N–C) groups is 1. The van der Waals surface area contributed by atoms with Crippen LogP contribution < -0.4 is 0 Å². The summed E-state index contributed by atoms with van der Waals surface area (Å²) in [6.07, 6.45) is 3.82. The molecule has 144 valence electrons. The topological polar surface area (TPSA) is 170 Å². The van der Waals surface area contributed by atoms with Gasteiger partial charge in [0, 0.05) is 24.1 Å². The first-order valence-electron chi connectivity index (χ1n) is 7.90. The highest BCUT2D eigenvalue weighted by Crippen LogP contribution is 2.32. The van der Waals surface area contributed by atoms with Crippen LogP contribution in [-0.4, -0.2) is 59.8 Å². The Morgan fingerprint density at radius 2 is 1.71 bits per heavy atom. The number of hydrogen-bond donors (Lipinski definition) is 5. The standard InChI is InChI=1S/C18H14N2O8/c21-14-6-9-5-13(18(27)28)20(12(9)7-15(14)22)2-1-8-3-10(16(23)24)19-11(4-8)17(25)26/h1-3,5-7,11,21-22H,4H2,(H,23,24)(H,25,26)(H,27,28). The van der Waals surface area contributed by atoms with E-state index in [4.69, 9.17) is 10.2 Å². The van der Waals surface area contributed by atoms with Gasteiger partial charge in [-0.25, -0.2) is 14.4 Å². The summed E-state index contributed by atoms with van der Waals surface area (Å²) in [5.74, 6) is -4.79. The third-order valence-corrected chi connectivity index (χ3v) is 4.14. The maximum Gasteiger partial charge on any atom is 0.354 e. The lowest BCUT2D eigenvalue weighted by Gasteiger charge is -2.14. The largest absolute Gasteiger partial charge is 0.504 e. The minimum Gasteiger partial charge on any atom is -0.504 e. The molecule has 0 spiro atoms. The zero-order valence-electron chi connectivity index (χ0n) is 14.1. The van der Waals surface area contributed by atoms with Crippen molar-refractivity contribution >= 4 is 40.7 Å². The number of nitrogens with zero attached hydrogens (tertiary/aromatic N) is 2. The van der Waals surface area contributed by atoms with Crippen LogP contribution in [0.25, 0.3) is 17.1 Å². The number of fused-ring (bicyclic) bond motifs is 1. The Labute approximate surface area is 156 Å². The molecule has 1 atom stereocenters. The van der Waals surface area contributed by atoms with Gasteiger partial charge in [0.2, 0.25) is 0 Å². The van der Waals surface area contributed by atoms with E-state index >= 15 is 0 Å². The number of aliphatic carboxylic acids is 2. The van der Waals surface area contributed by atoms with Crippen LogP contribution in [0.1, 0.15) is 16.9 Å². The Balaban J connectivity index is 2.07. The number of carboxylic acid groups (broad SMARTS) is 3. The number of rotatable bonds is 5. The average molecular weight is 386 g/mol. The lowest BCUT2D eigenvalue weighted by atomic mass is 10.0. The van der Waals surface area contributed by atoms with Crippen molar-refractivity contribution in [2.75, 3.05) is 0 Å². The molecule has 0 saturated heterocycles. The van der Waals surface area contributed by atoms with Crippen LogP contribution in [0.4, 0.5) is 0 Å². The van der Waals surface area contributed by atoms with Crippen molar-refractivity contribution in [3.8, 4) is 11.5 Å². The van der Waals surface area contributed by atoms with Gasteiger partial charge in [0.05, 0.1) is 5.52 Å². The first-order chi connectivity index (χ1) is 13.2. The molecule has 0 aliphatic carbocycles. The van der Waals surface area contributed by atoms with Crippen molar-refractivity contribution in [2.45, 2.75) is 12.5 Å². The second-order valence-corrected chi connectivity index (χ2v) is 6.02. The number of aromatic hydroxyl groups is 2. The number of aromatic carboxylic acids is 1. The van der Waals surface area contributed by atoms with Crippen LogP contribution >= 0.6 is 0 Å². The number of allylic oxidation sites excluding steroid dienone is 1. The zero-order chi connectivity index (χ0) is 20.6. The van der Waals surface area contributed by atoms with Crippen LogP contribution in [-0.2, 0) is 9.59 Å². The highest BCUT2D eigenvalue weighted by Gasteiger charge is 2.24. The van der Waals surface area contributed by atoms with E-state index in [1.165, 1.54) is 41.1 Å². The molecule has 1 aliphatic heterocycles. The van der Waals surface area contributed by atoms with Gasteiger partial charge in [-0.2, -0.15) is 0 Å². The number of phenols is 2. The molecule has 1 aromatic carbocycles. The van der Waals surface area contributed by atoms with Gasteiger partial charge in [0.15, 0.2) is 17.5 Å². The highest BCUT2D eigenvalue weighted by atomic mass is 16.4. The SMILES string of the molecule is O=C(O)C1=NC(C(=O)O)CC(C=Cn2c(C(=O)O)cc3cc(O)c(O)cc32)=C1. The molecule has 2 heterocycles. The molecular weight excluding hydrogens is 372 g/mol. The summed E-state index contributed by atoms with van der Waals surface area (Å²) in [5.41, 5.74) is 0.00881. The van der Waals surface area contributed by atoms with E-state index in [1.807, 2.05) is 0 Å². The van der Waals surface area contributed by atoms with Crippen LogP contribution in [0.15, 0.2) is 40.9 Å². The van der Waals surface area contributed by atoms with Crippen LogP contribution in [0.3, 0.4) is 0 Å². The lowest BCUT2D eigenvalue weighted by Crippen LogP contribution is -2.26. The van der Waals surface area contributed by atoms with Gasteiger partial charge in [-0.05, 0) is 29.9 Å². The fourth-order valence-electron chi connectivity index (χ4n) is 2.83. The summed E-state index contributed by atoms with van der Waals surface area (Å²) in [5, 5.41) is 47.3. The van der Waals surface area contributed by atoms with E-state index in [2.05, 4.69) is 4.99 Å². The molecule has 0 radical (unpaired) electrons. The zero-order valence-corrected chi connectivity index (χ0v) is 14.1. The van der Waals surface area contributed by atoms with Crippen molar-refractivity contribution in [3.63, 3.8) is 0 Å². The second kappa shape index (κ2) is 6.91. The summed E-state index contributed by atoms with van der Waals surface area (Å²) in [7, 11) is 0. The number of carbonyl (C=O) groups is 3. The molecule has 5 N–H and O–H groups in total. The van der Waals surface area contributed by atoms with Gasteiger partial charge in [-0.3, -0.25) is 4.99 Å². The predicted molar refractivity (Wildman–Crippen MR) is 96.8 cm³/mol. The van der Waals surface area contributed by atoms with E-state index in [9.17, 15) is 29.7 Å². The lowest BCUT2D eigenvalue weighted by molar-refractivity contribution is -0.138.